The van der Waals surface area contributed by atoms with Gasteiger partial charge in [0.05, 0.1) is 42.5 Å². The average molecular weight is 630 g/mol. The van der Waals surface area contributed by atoms with Crippen molar-refractivity contribution in [3.63, 3.8) is 0 Å². The van der Waals surface area contributed by atoms with Gasteiger partial charge in [0.2, 0.25) is 5.89 Å². The lowest BCUT2D eigenvalue weighted by Gasteiger charge is -2.36. The molecule has 244 valence electrons. The molecule has 2 bridgehead atoms. The molecule has 13 heteroatoms. The highest BCUT2D eigenvalue weighted by Crippen LogP contribution is 2.43. The molecule has 0 saturated carbocycles. The summed E-state index contributed by atoms with van der Waals surface area (Å²) in [5.74, 6) is -1.24. The van der Waals surface area contributed by atoms with E-state index in [9.17, 15) is 24.3 Å². The molecule has 2 saturated heterocycles. The topological polar surface area (TPSA) is 167 Å². The van der Waals surface area contributed by atoms with Gasteiger partial charge in [-0.2, -0.15) is 0 Å². The minimum Gasteiger partial charge on any atom is -0.455 e. The van der Waals surface area contributed by atoms with Crippen molar-refractivity contribution in [2.45, 2.75) is 115 Å². The van der Waals surface area contributed by atoms with Crippen LogP contribution in [0, 0.1) is 11.8 Å². The molecule has 0 aromatic carbocycles. The lowest BCUT2D eigenvalue weighted by molar-refractivity contribution is -0.157. The van der Waals surface area contributed by atoms with Crippen LogP contribution in [0.4, 0.5) is 0 Å². The predicted molar refractivity (Wildman–Crippen MR) is 158 cm³/mol. The summed E-state index contributed by atoms with van der Waals surface area (Å²) in [5, 5.41) is 11.0. The second-order valence-electron chi connectivity index (χ2n) is 12.0. The van der Waals surface area contributed by atoms with Crippen LogP contribution in [0.5, 0.6) is 0 Å². The van der Waals surface area contributed by atoms with Gasteiger partial charge < -0.3 is 38.3 Å². The number of rotatable bonds is 7. The number of aliphatic hydroxyl groups is 1. The second-order valence-corrected chi connectivity index (χ2v) is 13.2. The third-order valence-electron chi connectivity index (χ3n) is 8.30. The van der Waals surface area contributed by atoms with E-state index in [1.807, 2.05) is 13.8 Å². The van der Waals surface area contributed by atoms with Gasteiger partial charge in [-0.3, -0.25) is 9.32 Å². The molecule has 0 radical (unpaired) electrons. The smallest absolute Gasteiger partial charge is 0.455 e. The minimum absolute atomic E-state index is 0.142. The Kier molecular flexibility index (Phi) is 13.2. The Morgan fingerprint density at radius 2 is 1.81 bits per heavy atom. The van der Waals surface area contributed by atoms with E-state index in [0.717, 1.165) is 11.1 Å². The lowest BCUT2D eigenvalue weighted by Crippen LogP contribution is -2.37. The summed E-state index contributed by atoms with van der Waals surface area (Å²) in [7, 11) is -1.68. The van der Waals surface area contributed by atoms with Gasteiger partial charge in [-0.1, -0.05) is 26.0 Å². The van der Waals surface area contributed by atoms with Crippen LogP contribution in [0.3, 0.4) is 0 Å². The fraction of sp³-hybridized carbons (Fsp3) is 0.733. The van der Waals surface area contributed by atoms with Gasteiger partial charge in [0.15, 0.2) is 0 Å². The molecule has 2 aliphatic rings. The third-order valence-corrected chi connectivity index (χ3v) is 8.85. The quantitative estimate of drug-likeness (QED) is 0.213. The number of fused-ring (bicyclic) bond motifs is 2. The van der Waals surface area contributed by atoms with Crippen molar-refractivity contribution < 1.29 is 52.1 Å². The van der Waals surface area contributed by atoms with Crippen molar-refractivity contribution >= 4 is 19.9 Å². The number of hydrogen-bond acceptors (Lipinski definition) is 10. The number of methoxy groups -OCH3 is 2. The fourth-order valence-corrected chi connectivity index (χ4v) is 6.37. The Morgan fingerprint density at radius 1 is 1.14 bits per heavy atom. The third kappa shape index (κ3) is 11.2. The van der Waals surface area contributed by atoms with Crippen LogP contribution in [-0.2, 0) is 32.8 Å². The highest BCUT2D eigenvalue weighted by Gasteiger charge is 2.36. The summed E-state index contributed by atoms with van der Waals surface area (Å²) in [4.78, 5) is 37.2. The number of aliphatic hydroxyl groups excluding tert-OH is 1. The van der Waals surface area contributed by atoms with Crippen molar-refractivity contribution in [3.05, 3.63) is 35.6 Å². The number of carbonyl (C=O) groups excluding carboxylic acids is 1. The average Bonchev–Trinajstić information content (AvgIpc) is 3.37. The molecule has 1 aromatic heterocycles. The Labute approximate surface area is 254 Å². The minimum atomic E-state index is -4.83. The standard InChI is InChI=1S/C30H48NO11P/c1-17-8-24-13-22(32)12-23(38-7)14-28(26-16-39-29(31-26)11-18(2)21(5)37-6)41-30(33)20(4)10-19(3)27(42-43(34,35)36)15-25(9-17)40-24/h11,16,19-25,27-28,32H,1,8-10,12-15H2,2-7H3,(H2,34,35,36)/t19-,20-,21+,22+,23-,24-,25+,27-,28-/m0/s1. The number of nitrogens with zero attached hydrogens (tertiary/aromatic N) is 1. The number of aromatic nitrogens is 1. The van der Waals surface area contributed by atoms with Crippen LogP contribution in [0.25, 0.3) is 6.08 Å². The fourth-order valence-electron chi connectivity index (χ4n) is 5.72. The molecule has 2 fully saturated rings. The Morgan fingerprint density at radius 3 is 2.44 bits per heavy atom. The summed E-state index contributed by atoms with van der Waals surface area (Å²) in [5.41, 5.74) is 2.23. The van der Waals surface area contributed by atoms with Gasteiger partial charge in [-0.05, 0) is 57.4 Å². The second kappa shape index (κ2) is 15.9. The van der Waals surface area contributed by atoms with Crippen LogP contribution >= 0.6 is 7.82 Å². The molecular formula is C30H48NO11P. The molecule has 9 atom stereocenters. The zero-order chi connectivity index (χ0) is 31.9. The number of carbonyl (C=O) groups is 1. The highest BCUT2D eigenvalue weighted by molar-refractivity contribution is 7.46. The number of phosphoric ester groups is 1. The molecule has 43 heavy (non-hydrogen) atoms. The van der Waals surface area contributed by atoms with E-state index in [4.69, 9.17) is 27.9 Å². The van der Waals surface area contributed by atoms with E-state index >= 15 is 0 Å². The first-order chi connectivity index (χ1) is 20.2. The van der Waals surface area contributed by atoms with Crippen LogP contribution in [0.2, 0.25) is 0 Å². The largest absolute Gasteiger partial charge is 0.469 e. The Hall–Kier alpha value is -1.89. The number of oxazole rings is 1. The zero-order valence-electron chi connectivity index (χ0n) is 26.0. The van der Waals surface area contributed by atoms with Crippen LogP contribution in [-0.4, -0.2) is 76.7 Å². The van der Waals surface area contributed by atoms with E-state index < -0.39 is 56.1 Å². The van der Waals surface area contributed by atoms with Crippen molar-refractivity contribution in [2.75, 3.05) is 14.2 Å². The molecule has 12 nitrogen and oxygen atoms in total. The normalized spacial score (nSPS) is 33.2. The SMILES string of the molecule is C=C1C[C@@H]2C[C@H](OP(=O)(O)O)[C@@H](C)C[C@H](C)C(=O)O[C@H](c3coc(C=C(C)[C@@H](C)OC)n3)C[C@@H](OC)C[C@@H](O)C[C@H](C1)O2. The zero-order valence-corrected chi connectivity index (χ0v) is 26.9. The number of ether oxygens (including phenoxy) is 4. The number of hydrogen-bond donors (Lipinski definition) is 3. The molecule has 3 rings (SSSR count). The maximum atomic E-state index is 13.4. The van der Waals surface area contributed by atoms with Crippen LogP contribution < -0.4 is 0 Å². The monoisotopic (exact) mass is 629 g/mol. The van der Waals surface area contributed by atoms with Gasteiger partial charge >= 0.3 is 13.8 Å². The molecule has 3 heterocycles. The van der Waals surface area contributed by atoms with E-state index in [-0.39, 0.29) is 37.9 Å². The van der Waals surface area contributed by atoms with Crippen molar-refractivity contribution in [1.29, 1.82) is 0 Å². The van der Waals surface area contributed by atoms with Crippen molar-refractivity contribution in [2.24, 2.45) is 11.8 Å². The van der Waals surface area contributed by atoms with Crippen molar-refractivity contribution in [1.82, 2.24) is 4.98 Å². The molecule has 0 unspecified atom stereocenters. The van der Waals surface area contributed by atoms with Crippen molar-refractivity contribution in [3.8, 4) is 0 Å². The first-order valence-corrected chi connectivity index (χ1v) is 16.3. The van der Waals surface area contributed by atoms with Gasteiger partial charge in [0.1, 0.15) is 18.1 Å². The summed E-state index contributed by atoms with van der Waals surface area (Å²) < 4.78 is 46.0. The van der Waals surface area contributed by atoms with E-state index in [0.29, 0.717) is 30.8 Å². The first-order valence-electron chi connectivity index (χ1n) is 14.8. The summed E-state index contributed by atoms with van der Waals surface area (Å²) in [6.45, 7) is 11.4. The van der Waals surface area contributed by atoms with Gasteiger partial charge in [-0.15, -0.1) is 0 Å². The number of cyclic esters (lactones) is 1. The van der Waals surface area contributed by atoms with E-state index in [1.165, 1.54) is 6.26 Å². The van der Waals surface area contributed by atoms with E-state index in [2.05, 4.69) is 11.6 Å². The molecule has 3 N–H and O–H groups in total. The van der Waals surface area contributed by atoms with E-state index in [1.54, 1.807) is 34.1 Å². The first kappa shape index (κ1) is 35.6. The molecule has 1 aromatic rings. The Balaban J connectivity index is 1.92. The highest BCUT2D eigenvalue weighted by atomic mass is 31.2. The molecular weight excluding hydrogens is 581 g/mol. The number of phosphoric acid groups is 1. The molecule has 0 aliphatic carbocycles. The molecule has 2 aliphatic heterocycles. The maximum absolute atomic E-state index is 13.4. The van der Waals surface area contributed by atoms with Gasteiger partial charge in [-0.25, -0.2) is 9.55 Å². The summed E-state index contributed by atoms with van der Waals surface area (Å²) in [6, 6.07) is 0. The molecule has 0 spiro atoms. The lowest BCUT2D eigenvalue weighted by atomic mass is 9.87. The summed E-state index contributed by atoms with van der Waals surface area (Å²) >= 11 is 0. The summed E-state index contributed by atoms with van der Waals surface area (Å²) in [6.07, 6.45) is 1.65. The Bertz CT molecular complexity index is 1150. The van der Waals surface area contributed by atoms with Gasteiger partial charge in [0, 0.05) is 33.1 Å². The number of esters is 1. The van der Waals surface area contributed by atoms with Crippen LogP contribution in [0.1, 0.15) is 90.3 Å². The van der Waals surface area contributed by atoms with Gasteiger partial charge in [0.25, 0.3) is 0 Å². The maximum Gasteiger partial charge on any atom is 0.469 e. The predicted octanol–water partition coefficient (Wildman–Crippen LogP) is 4.89. The van der Waals surface area contributed by atoms with Crippen LogP contribution in [0.15, 0.2) is 28.4 Å². The molecule has 0 amide bonds.